The summed E-state index contributed by atoms with van der Waals surface area (Å²) in [7, 11) is 0. The molecule has 4 heteroatoms. The van der Waals surface area contributed by atoms with Crippen molar-refractivity contribution in [2.75, 3.05) is 0 Å². The van der Waals surface area contributed by atoms with Gasteiger partial charge in [0.1, 0.15) is 11.3 Å². The second kappa shape index (κ2) is 6.62. The van der Waals surface area contributed by atoms with E-state index in [1.165, 1.54) is 12.8 Å². The summed E-state index contributed by atoms with van der Waals surface area (Å²) in [5, 5.41) is 0.699. The topological polar surface area (TPSA) is 17.8 Å². The van der Waals surface area contributed by atoms with Gasteiger partial charge in [0.15, 0.2) is 0 Å². The highest BCUT2D eigenvalue weighted by atomic mass is 35.5. The summed E-state index contributed by atoms with van der Waals surface area (Å²) < 4.78 is 2.20. The number of unbranched alkanes of at least 4 members (excludes halogenated alkanes) is 1. The van der Waals surface area contributed by atoms with E-state index in [-0.39, 0.29) is 0 Å². The van der Waals surface area contributed by atoms with E-state index in [1.807, 2.05) is 12.1 Å². The van der Waals surface area contributed by atoms with Crippen LogP contribution in [0.25, 0.3) is 11.0 Å². The maximum Gasteiger partial charge on any atom is 0.124 e. The molecule has 0 aliphatic rings. The smallest absolute Gasteiger partial charge is 0.124 e. The summed E-state index contributed by atoms with van der Waals surface area (Å²) in [5.41, 5.74) is 1.95. The molecule has 0 saturated heterocycles. The number of alkyl halides is 1. The third-order valence-corrected chi connectivity index (χ3v) is 3.89. The van der Waals surface area contributed by atoms with E-state index in [9.17, 15) is 0 Å². The molecule has 0 N–H and O–H groups in total. The van der Waals surface area contributed by atoms with Crippen LogP contribution >= 0.6 is 23.2 Å². The van der Waals surface area contributed by atoms with Crippen LogP contribution in [0.2, 0.25) is 5.02 Å². The standard InChI is InChI=1S/C15H20Cl2N2/c1-11(2)6-3-4-9-19-13-8-5-7-12(17)15(13)18-14(19)10-16/h5,7-8,11H,3-4,6,9-10H2,1-2H3. The Morgan fingerprint density at radius 2 is 2.05 bits per heavy atom. The molecule has 0 aliphatic carbocycles. The molecule has 0 aliphatic heterocycles. The first-order valence-corrected chi connectivity index (χ1v) is 7.74. The Balaban J connectivity index is 2.18. The zero-order valence-corrected chi connectivity index (χ0v) is 13.0. The van der Waals surface area contributed by atoms with Crippen LogP contribution in [-0.2, 0) is 12.4 Å². The molecule has 0 amide bonds. The normalized spacial score (nSPS) is 11.6. The number of aromatic nitrogens is 2. The summed E-state index contributed by atoms with van der Waals surface area (Å²) in [5.74, 6) is 2.10. The minimum atomic E-state index is 0.426. The fourth-order valence-electron chi connectivity index (χ4n) is 2.33. The van der Waals surface area contributed by atoms with Crippen LogP contribution in [0.15, 0.2) is 18.2 Å². The highest BCUT2D eigenvalue weighted by molar-refractivity contribution is 6.34. The first-order valence-electron chi connectivity index (χ1n) is 6.83. The van der Waals surface area contributed by atoms with E-state index in [2.05, 4.69) is 29.5 Å². The van der Waals surface area contributed by atoms with Gasteiger partial charge in [-0.05, 0) is 24.5 Å². The van der Waals surface area contributed by atoms with Gasteiger partial charge < -0.3 is 4.57 Å². The van der Waals surface area contributed by atoms with E-state index in [0.29, 0.717) is 10.9 Å². The lowest BCUT2D eigenvalue weighted by molar-refractivity contribution is 0.509. The van der Waals surface area contributed by atoms with Gasteiger partial charge in [-0.1, -0.05) is 44.4 Å². The average Bonchev–Trinajstić information content (AvgIpc) is 2.74. The van der Waals surface area contributed by atoms with E-state index < -0.39 is 0 Å². The number of benzene rings is 1. The Morgan fingerprint density at radius 3 is 2.74 bits per heavy atom. The van der Waals surface area contributed by atoms with Crippen molar-refractivity contribution >= 4 is 34.2 Å². The Kier molecular flexibility index (Phi) is 5.12. The molecular weight excluding hydrogens is 279 g/mol. The van der Waals surface area contributed by atoms with Crippen LogP contribution < -0.4 is 0 Å². The van der Waals surface area contributed by atoms with Crippen molar-refractivity contribution in [3.8, 4) is 0 Å². The number of fused-ring (bicyclic) bond motifs is 1. The van der Waals surface area contributed by atoms with Gasteiger partial charge in [0.05, 0.1) is 16.4 Å². The lowest BCUT2D eigenvalue weighted by atomic mass is 10.1. The van der Waals surface area contributed by atoms with Gasteiger partial charge in [-0.15, -0.1) is 11.6 Å². The maximum atomic E-state index is 6.18. The van der Waals surface area contributed by atoms with Crippen molar-refractivity contribution < 1.29 is 0 Å². The van der Waals surface area contributed by atoms with E-state index >= 15 is 0 Å². The highest BCUT2D eigenvalue weighted by Gasteiger charge is 2.11. The van der Waals surface area contributed by atoms with Gasteiger partial charge in [-0.2, -0.15) is 0 Å². The van der Waals surface area contributed by atoms with E-state index in [0.717, 1.165) is 35.7 Å². The zero-order valence-electron chi connectivity index (χ0n) is 11.5. The van der Waals surface area contributed by atoms with Crippen molar-refractivity contribution in [1.82, 2.24) is 9.55 Å². The summed E-state index contributed by atoms with van der Waals surface area (Å²) in [6.07, 6.45) is 3.66. The van der Waals surface area contributed by atoms with Gasteiger partial charge in [-0.3, -0.25) is 0 Å². The Bertz CT molecular complexity index is 546. The summed E-state index contributed by atoms with van der Waals surface area (Å²) >= 11 is 12.2. The third kappa shape index (κ3) is 3.43. The Labute approximate surface area is 124 Å². The second-order valence-electron chi connectivity index (χ2n) is 5.31. The molecule has 2 aromatic rings. The van der Waals surface area contributed by atoms with Gasteiger partial charge >= 0.3 is 0 Å². The lowest BCUT2D eigenvalue weighted by Crippen LogP contribution is -2.03. The van der Waals surface area contributed by atoms with Crippen molar-refractivity contribution in [2.24, 2.45) is 5.92 Å². The minimum Gasteiger partial charge on any atom is -0.327 e. The van der Waals surface area contributed by atoms with Crippen molar-refractivity contribution in [3.05, 3.63) is 29.0 Å². The van der Waals surface area contributed by atoms with E-state index in [1.54, 1.807) is 0 Å². The molecule has 0 fully saturated rings. The summed E-state index contributed by atoms with van der Waals surface area (Å²) in [6.45, 7) is 5.48. The third-order valence-electron chi connectivity index (χ3n) is 3.34. The molecule has 0 spiro atoms. The van der Waals surface area contributed by atoms with Gasteiger partial charge in [0, 0.05) is 6.54 Å². The van der Waals surface area contributed by atoms with Crippen LogP contribution in [0.4, 0.5) is 0 Å². The zero-order chi connectivity index (χ0) is 13.8. The largest absolute Gasteiger partial charge is 0.327 e. The number of hydrogen-bond donors (Lipinski definition) is 0. The molecule has 0 saturated carbocycles. The van der Waals surface area contributed by atoms with Crippen LogP contribution in [-0.4, -0.2) is 9.55 Å². The first kappa shape index (κ1) is 14.7. The molecule has 0 atom stereocenters. The summed E-state index contributed by atoms with van der Waals surface area (Å²) in [4.78, 5) is 4.54. The Hall–Kier alpha value is -0.730. The molecule has 0 bridgehead atoms. The maximum absolute atomic E-state index is 6.18. The number of rotatable bonds is 6. The number of imidazole rings is 1. The van der Waals surface area contributed by atoms with Crippen LogP contribution in [0, 0.1) is 5.92 Å². The Morgan fingerprint density at radius 1 is 1.26 bits per heavy atom. The SMILES string of the molecule is CC(C)CCCCn1c(CCl)nc2c(Cl)cccc21. The predicted molar refractivity (Wildman–Crippen MR) is 83.0 cm³/mol. The lowest BCUT2D eigenvalue weighted by Gasteiger charge is -2.08. The number of aryl methyl sites for hydroxylation is 1. The van der Waals surface area contributed by atoms with Crippen LogP contribution in [0.3, 0.4) is 0 Å². The van der Waals surface area contributed by atoms with E-state index in [4.69, 9.17) is 23.2 Å². The molecule has 0 radical (unpaired) electrons. The molecule has 1 heterocycles. The van der Waals surface area contributed by atoms with Crippen molar-refractivity contribution in [3.63, 3.8) is 0 Å². The average molecular weight is 299 g/mol. The fraction of sp³-hybridized carbons (Fsp3) is 0.533. The molecule has 1 aromatic heterocycles. The second-order valence-corrected chi connectivity index (χ2v) is 5.98. The van der Waals surface area contributed by atoms with Crippen LogP contribution in [0.5, 0.6) is 0 Å². The summed E-state index contributed by atoms with van der Waals surface area (Å²) in [6, 6.07) is 5.90. The highest BCUT2D eigenvalue weighted by Crippen LogP contribution is 2.25. The number of para-hydroxylation sites is 1. The molecule has 104 valence electrons. The van der Waals surface area contributed by atoms with Gasteiger partial charge in [0.25, 0.3) is 0 Å². The monoisotopic (exact) mass is 298 g/mol. The van der Waals surface area contributed by atoms with Gasteiger partial charge in [0.2, 0.25) is 0 Å². The molecule has 1 aromatic carbocycles. The van der Waals surface area contributed by atoms with Gasteiger partial charge in [-0.25, -0.2) is 4.98 Å². The molecule has 19 heavy (non-hydrogen) atoms. The molecule has 2 rings (SSSR count). The molecular formula is C15H20Cl2N2. The number of halogens is 2. The van der Waals surface area contributed by atoms with Crippen molar-refractivity contribution in [2.45, 2.75) is 45.5 Å². The first-order chi connectivity index (χ1) is 9.13. The van der Waals surface area contributed by atoms with Crippen molar-refractivity contribution in [1.29, 1.82) is 0 Å². The molecule has 0 unspecified atom stereocenters. The minimum absolute atomic E-state index is 0.426. The van der Waals surface area contributed by atoms with Crippen LogP contribution in [0.1, 0.15) is 38.9 Å². The fourth-order valence-corrected chi connectivity index (χ4v) is 2.75. The number of nitrogens with zero attached hydrogens (tertiary/aromatic N) is 2. The molecule has 2 nitrogen and oxygen atoms in total. The number of hydrogen-bond acceptors (Lipinski definition) is 1. The predicted octanol–water partition coefficient (Wildman–Crippen LogP) is 5.25. The quantitative estimate of drug-likeness (QED) is 0.526.